The molecule has 0 bridgehead atoms. The van der Waals surface area contributed by atoms with Gasteiger partial charge in [-0.3, -0.25) is 4.90 Å². The smallest absolute Gasteiger partial charge is 0.340 e. The zero-order chi connectivity index (χ0) is 18.7. The van der Waals surface area contributed by atoms with E-state index in [1.54, 1.807) is 12.3 Å². The summed E-state index contributed by atoms with van der Waals surface area (Å²) in [7, 11) is 1.98. The molecule has 0 amide bonds. The van der Waals surface area contributed by atoms with E-state index in [4.69, 9.17) is 0 Å². The lowest BCUT2D eigenvalue weighted by atomic mass is 10.0. The van der Waals surface area contributed by atoms with Gasteiger partial charge >= 0.3 is 6.18 Å². The van der Waals surface area contributed by atoms with Crippen molar-refractivity contribution in [3.8, 4) is 0 Å². The average Bonchev–Trinajstić information content (AvgIpc) is 2.61. The molecule has 1 unspecified atom stereocenters. The Morgan fingerprint density at radius 2 is 2.08 bits per heavy atom. The molecule has 26 heavy (non-hydrogen) atoms. The zero-order valence-electron chi connectivity index (χ0n) is 15.0. The van der Waals surface area contributed by atoms with Crippen LogP contribution in [0.2, 0.25) is 0 Å². The van der Waals surface area contributed by atoms with Gasteiger partial charge in [-0.1, -0.05) is 18.2 Å². The van der Waals surface area contributed by atoms with Gasteiger partial charge in [-0.2, -0.15) is 13.2 Å². The molecule has 1 aliphatic rings. The number of aryl methyl sites for hydroxylation is 1. The van der Waals surface area contributed by atoms with Gasteiger partial charge < -0.3 is 4.90 Å². The molecule has 1 aromatic heterocycles. The third-order valence-corrected chi connectivity index (χ3v) is 4.79. The maximum Gasteiger partial charge on any atom is 0.416 e. The van der Waals surface area contributed by atoms with Gasteiger partial charge in [-0.15, -0.1) is 0 Å². The molecule has 0 saturated carbocycles. The van der Waals surface area contributed by atoms with E-state index < -0.39 is 11.7 Å². The summed E-state index contributed by atoms with van der Waals surface area (Å²) in [6.45, 7) is 4.11. The van der Waals surface area contributed by atoms with E-state index in [1.165, 1.54) is 12.1 Å². The fourth-order valence-electron chi connectivity index (χ4n) is 3.36. The Bertz CT molecular complexity index is 748. The normalized spacial score (nSPS) is 18.7. The van der Waals surface area contributed by atoms with Crippen LogP contribution >= 0.6 is 0 Å². The second-order valence-electron chi connectivity index (χ2n) is 6.84. The highest BCUT2D eigenvalue weighted by Crippen LogP contribution is 2.30. The lowest BCUT2D eigenvalue weighted by molar-refractivity contribution is -0.137. The maximum absolute atomic E-state index is 12.9. The minimum Gasteiger partial charge on any atom is -0.340 e. The lowest BCUT2D eigenvalue weighted by Gasteiger charge is -2.37. The number of halogens is 3. The number of likely N-dealkylation sites (N-methyl/N-ethyl adjacent to an activating group) is 1. The van der Waals surface area contributed by atoms with Crippen LogP contribution in [0.3, 0.4) is 0 Å². The SMILES string of the molecule is Cc1ccnc(N(C)C2CCCN(Cc3cccc(C(F)(F)F)c3)C2)n1. The Hall–Kier alpha value is -2.15. The van der Waals surface area contributed by atoms with E-state index in [-0.39, 0.29) is 6.04 Å². The van der Waals surface area contributed by atoms with Crippen molar-refractivity contribution in [1.82, 2.24) is 14.9 Å². The van der Waals surface area contributed by atoms with Gasteiger partial charge in [0.2, 0.25) is 5.95 Å². The number of nitrogens with zero attached hydrogens (tertiary/aromatic N) is 4. The van der Waals surface area contributed by atoms with Crippen LogP contribution in [0.5, 0.6) is 0 Å². The van der Waals surface area contributed by atoms with Crippen molar-refractivity contribution in [2.75, 3.05) is 25.0 Å². The number of anilines is 1. The maximum atomic E-state index is 12.9. The molecule has 0 aliphatic carbocycles. The van der Waals surface area contributed by atoms with Crippen molar-refractivity contribution >= 4 is 5.95 Å². The molecule has 3 rings (SSSR count). The molecule has 140 valence electrons. The monoisotopic (exact) mass is 364 g/mol. The molecule has 0 spiro atoms. The van der Waals surface area contributed by atoms with E-state index in [9.17, 15) is 13.2 Å². The Labute approximate surface area is 151 Å². The number of hydrogen-bond donors (Lipinski definition) is 0. The van der Waals surface area contributed by atoms with E-state index in [0.29, 0.717) is 18.1 Å². The second kappa shape index (κ2) is 7.61. The molecule has 2 heterocycles. The van der Waals surface area contributed by atoms with Crippen molar-refractivity contribution < 1.29 is 13.2 Å². The Kier molecular flexibility index (Phi) is 5.46. The van der Waals surface area contributed by atoms with Crippen molar-refractivity contribution in [3.63, 3.8) is 0 Å². The van der Waals surface area contributed by atoms with Gasteiger partial charge in [0, 0.05) is 38.1 Å². The van der Waals surface area contributed by atoms with Gasteiger partial charge in [0.1, 0.15) is 0 Å². The second-order valence-corrected chi connectivity index (χ2v) is 6.84. The largest absolute Gasteiger partial charge is 0.416 e. The molecule has 7 heteroatoms. The van der Waals surface area contributed by atoms with Crippen molar-refractivity contribution in [3.05, 3.63) is 53.3 Å². The summed E-state index contributed by atoms with van der Waals surface area (Å²) >= 11 is 0. The molecule has 0 radical (unpaired) electrons. The summed E-state index contributed by atoms with van der Waals surface area (Å²) in [6, 6.07) is 7.70. The molecule has 1 fully saturated rings. The van der Waals surface area contributed by atoms with Crippen molar-refractivity contribution in [2.24, 2.45) is 0 Å². The molecule has 4 nitrogen and oxygen atoms in total. The lowest BCUT2D eigenvalue weighted by Crippen LogP contribution is -2.46. The van der Waals surface area contributed by atoms with Crippen LogP contribution in [-0.2, 0) is 12.7 Å². The number of aromatic nitrogens is 2. The number of benzene rings is 1. The average molecular weight is 364 g/mol. The molecule has 1 saturated heterocycles. The summed E-state index contributed by atoms with van der Waals surface area (Å²) in [5, 5.41) is 0. The van der Waals surface area contributed by atoms with E-state index in [2.05, 4.69) is 19.8 Å². The molecule has 1 aliphatic heterocycles. The third kappa shape index (κ3) is 4.52. The Morgan fingerprint density at radius 3 is 2.81 bits per heavy atom. The standard InChI is InChI=1S/C19H23F3N4/c1-14-8-9-23-18(24-14)25(2)17-7-4-10-26(13-17)12-15-5-3-6-16(11-15)19(20,21)22/h3,5-6,8-9,11,17H,4,7,10,12-13H2,1-2H3. The number of piperidine rings is 1. The van der Waals surface area contributed by atoms with E-state index in [0.717, 1.165) is 37.7 Å². The number of hydrogen-bond acceptors (Lipinski definition) is 4. The van der Waals surface area contributed by atoms with Gasteiger partial charge in [-0.05, 0) is 44.0 Å². The molecular formula is C19H23F3N4. The molecule has 1 aromatic carbocycles. The number of alkyl halides is 3. The Morgan fingerprint density at radius 1 is 1.27 bits per heavy atom. The quantitative estimate of drug-likeness (QED) is 0.824. The van der Waals surface area contributed by atoms with Gasteiger partial charge in [0.05, 0.1) is 5.56 Å². The first-order chi connectivity index (χ1) is 12.3. The summed E-state index contributed by atoms with van der Waals surface area (Å²) in [5.41, 5.74) is 1.02. The number of likely N-dealkylation sites (tertiary alicyclic amines) is 1. The van der Waals surface area contributed by atoms with Crippen LogP contribution < -0.4 is 4.90 Å². The minimum absolute atomic E-state index is 0.247. The molecule has 2 aromatic rings. The first-order valence-electron chi connectivity index (χ1n) is 8.74. The molecule has 0 N–H and O–H groups in total. The summed E-state index contributed by atoms with van der Waals surface area (Å²) in [4.78, 5) is 13.1. The summed E-state index contributed by atoms with van der Waals surface area (Å²) < 4.78 is 38.7. The fraction of sp³-hybridized carbons (Fsp3) is 0.474. The zero-order valence-corrected chi connectivity index (χ0v) is 15.0. The minimum atomic E-state index is -4.30. The summed E-state index contributed by atoms with van der Waals surface area (Å²) in [5.74, 6) is 0.691. The predicted octanol–water partition coefficient (Wildman–Crippen LogP) is 3.90. The highest BCUT2D eigenvalue weighted by molar-refractivity contribution is 5.31. The fourth-order valence-corrected chi connectivity index (χ4v) is 3.36. The highest BCUT2D eigenvalue weighted by atomic mass is 19.4. The van der Waals surface area contributed by atoms with Crippen LogP contribution in [0.4, 0.5) is 19.1 Å². The van der Waals surface area contributed by atoms with Crippen LogP contribution in [0.15, 0.2) is 36.5 Å². The number of rotatable bonds is 4. The third-order valence-electron chi connectivity index (χ3n) is 4.79. The van der Waals surface area contributed by atoms with Crippen molar-refractivity contribution in [2.45, 2.75) is 38.5 Å². The van der Waals surface area contributed by atoms with Crippen LogP contribution in [-0.4, -0.2) is 41.0 Å². The Balaban J connectivity index is 1.67. The van der Waals surface area contributed by atoms with Crippen LogP contribution in [0, 0.1) is 6.92 Å². The summed E-state index contributed by atoms with van der Waals surface area (Å²) in [6.07, 6.45) is -0.534. The van der Waals surface area contributed by atoms with Crippen molar-refractivity contribution in [1.29, 1.82) is 0 Å². The topological polar surface area (TPSA) is 32.3 Å². The predicted molar refractivity (Wildman–Crippen MR) is 94.9 cm³/mol. The van der Waals surface area contributed by atoms with E-state index >= 15 is 0 Å². The molecular weight excluding hydrogens is 341 g/mol. The van der Waals surface area contributed by atoms with Crippen LogP contribution in [0.25, 0.3) is 0 Å². The highest BCUT2D eigenvalue weighted by Gasteiger charge is 2.31. The molecule has 1 atom stereocenters. The first kappa shape index (κ1) is 18.6. The van der Waals surface area contributed by atoms with Gasteiger partial charge in [0.25, 0.3) is 0 Å². The van der Waals surface area contributed by atoms with Crippen LogP contribution in [0.1, 0.15) is 29.7 Å². The van der Waals surface area contributed by atoms with Gasteiger partial charge in [-0.25, -0.2) is 9.97 Å². The van der Waals surface area contributed by atoms with Gasteiger partial charge in [0.15, 0.2) is 0 Å². The van der Waals surface area contributed by atoms with E-state index in [1.807, 2.05) is 20.0 Å². The first-order valence-corrected chi connectivity index (χ1v) is 8.74.